The largest absolute Gasteiger partial charge is 0.466 e. The number of hydrogen-bond donors (Lipinski definition) is 2. The van der Waals surface area contributed by atoms with E-state index in [4.69, 9.17) is 4.74 Å². The number of ether oxygens (including phenoxy) is 1. The van der Waals surface area contributed by atoms with Gasteiger partial charge in [0.15, 0.2) is 0 Å². The van der Waals surface area contributed by atoms with Crippen LogP contribution >= 0.6 is 11.8 Å². The van der Waals surface area contributed by atoms with Crippen LogP contribution in [0, 0.1) is 17.8 Å². The molecule has 3 fully saturated rings. The maximum Gasteiger partial charge on any atom is 0.310 e. The third-order valence-corrected chi connectivity index (χ3v) is 9.86. The lowest BCUT2D eigenvalue weighted by Gasteiger charge is -2.37. The van der Waals surface area contributed by atoms with Crippen LogP contribution < -0.4 is 5.32 Å². The van der Waals surface area contributed by atoms with Crippen molar-refractivity contribution in [2.75, 3.05) is 18.5 Å². The number of nitrogens with zero attached hydrogens (tertiary/aromatic N) is 1. The van der Waals surface area contributed by atoms with E-state index in [0.717, 1.165) is 17.2 Å². The predicted molar refractivity (Wildman–Crippen MR) is 140 cm³/mol. The summed E-state index contributed by atoms with van der Waals surface area (Å²) in [5.41, 5.74) is 0.662. The third kappa shape index (κ3) is 3.98. The molecule has 8 heteroatoms. The molecule has 0 saturated carbocycles. The Kier molecular flexibility index (Phi) is 6.76. The highest BCUT2D eigenvalue weighted by atomic mass is 32.2. The summed E-state index contributed by atoms with van der Waals surface area (Å²) in [6, 6.07) is 12.4. The average Bonchev–Trinajstić information content (AvgIpc) is 3.50. The Labute approximate surface area is 215 Å². The van der Waals surface area contributed by atoms with Crippen LogP contribution in [0.15, 0.2) is 42.5 Å². The molecule has 2 bridgehead atoms. The second-order valence-electron chi connectivity index (χ2n) is 10.6. The van der Waals surface area contributed by atoms with E-state index >= 15 is 0 Å². The molecule has 5 rings (SSSR count). The van der Waals surface area contributed by atoms with Gasteiger partial charge in [0.25, 0.3) is 0 Å². The molecule has 7 nitrogen and oxygen atoms in total. The van der Waals surface area contributed by atoms with Gasteiger partial charge in [0.05, 0.1) is 35.8 Å². The Bertz CT molecular complexity index is 1190. The molecule has 3 saturated heterocycles. The number of nitrogens with one attached hydrogen (secondary N) is 1. The number of anilines is 1. The first-order valence-corrected chi connectivity index (χ1v) is 13.8. The van der Waals surface area contributed by atoms with Crippen LogP contribution in [0.2, 0.25) is 0 Å². The van der Waals surface area contributed by atoms with E-state index in [1.807, 2.05) is 56.3 Å². The molecule has 0 aliphatic carbocycles. The van der Waals surface area contributed by atoms with Crippen molar-refractivity contribution in [3.8, 4) is 0 Å². The summed E-state index contributed by atoms with van der Waals surface area (Å²) in [6.07, 6.45) is 2.02. The van der Waals surface area contributed by atoms with E-state index in [1.54, 1.807) is 23.6 Å². The number of rotatable bonds is 8. The first-order chi connectivity index (χ1) is 17.3. The minimum Gasteiger partial charge on any atom is -0.466 e. The molecule has 2 aromatic carbocycles. The van der Waals surface area contributed by atoms with Gasteiger partial charge in [0.2, 0.25) is 11.8 Å². The molecule has 3 heterocycles. The molecule has 2 unspecified atom stereocenters. The van der Waals surface area contributed by atoms with Gasteiger partial charge in [-0.15, -0.1) is 11.8 Å². The fourth-order valence-electron chi connectivity index (χ4n) is 6.59. The molecule has 36 heavy (non-hydrogen) atoms. The Morgan fingerprint density at radius 2 is 1.97 bits per heavy atom. The number of thioether (sulfide) groups is 1. The van der Waals surface area contributed by atoms with E-state index in [-0.39, 0.29) is 42.2 Å². The van der Waals surface area contributed by atoms with Crippen LogP contribution in [0.1, 0.15) is 40.0 Å². The lowest BCUT2D eigenvalue weighted by Crippen LogP contribution is -2.55. The lowest BCUT2D eigenvalue weighted by molar-refractivity contribution is -0.154. The maximum atomic E-state index is 14.0. The van der Waals surface area contributed by atoms with Gasteiger partial charge < -0.3 is 20.1 Å². The minimum atomic E-state index is -0.771. The Morgan fingerprint density at radius 3 is 2.67 bits per heavy atom. The number of likely N-dealkylation sites (tertiary alicyclic amines) is 1. The summed E-state index contributed by atoms with van der Waals surface area (Å²) in [6.45, 7) is 5.86. The smallest absolute Gasteiger partial charge is 0.310 e. The van der Waals surface area contributed by atoms with Crippen LogP contribution in [0.3, 0.4) is 0 Å². The highest BCUT2D eigenvalue weighted by molar-refractivity contribution is 8.02. The number of amides is 2. The van der Waals surface area contributed by atoms with E-state index in [9.17, 15) is 19.5 Å². The zero-order valence-electron chi connectivity index (χ0n) is 21.0. The standard InChI is InChI=1S/C28H34N2O5S/c1-4-35-27(34)22-21-11-12-28(36-21)23(22)26(33)30(20(15-31)13-16(2)3)24(28)25(32)29-19-10-9-17-7-5-6-8-18(17)14-19/h5-10,14,16,20-24,31H,4,11-13,15H2,1-3H3,(H,29,32)/t20-,21+,22-,23+,24?,28?/m1/s1. The molecule has 1 spiro atoms. The third-order valence-electron chi connectivity index (χ3n) is 7.91. The highest BCUT2D eigenvalue weighted by Gasteiger charge is 2.74. The maximum absolute atomic E-state index is 14.0. The predicted octanol–water partition coefficient (Wildman–Crippen LogP) is 3.84. The Balaban J connectivity index is 1.53. The van der Waals surface area contributed by atoms with Gasteiger partial charge >= 0.3 is 5.97 Å². The topological polar surface area (TPSA) is 95.9 Å². The zero-order valence-corrected chi connectivity index (χ0v) is 21.8. The van der Waals surface area contributed by atoms with Crippen molar-refractivity contribution < 1.29 is 24.2 Å². The van der Waals surface area contributed by atoms with Gasteiger partial charge in [-0.3, -0.25) is 14.4 Å². The van der Waals surface area contributed by atoms with Crippen LogP contribution in [-0.4, -0.2) is 63.1 Å². The second-order valence-corrected chi connectivity index (χ2v) is 12.2. The van der Waals surface area contributed by atoms with Crippen molar-refractivity contribution in [3.05, 3.63) is 42.5 Å². The van der Waals surface area contributed by atoms with Gasteiger partial charge in [-0.1, -0.05) is 44.2 Å². The van der Waals surface area contributed by atoms with Gasteiger partial charge in [-0.05, 0) is 55.0 Å². The first kappa shape index (κ1) is 25.1. The Hall–Kier alpha value is -2.58. The van der Waals surface area contributed by atoms with E-state index in [0.29, 0.717) is 18.5 Å². The summed E-state index contributed by atoms with van der Waals surface area (Å²) >= 11 is 1.61. The number of fused-ring (bicyclic) bond motifs is 2. The van der Waals surface area contributed by atoms with Gasteiger partial charge in [-0.25, -0.2) is 0 Å². The molecule has 2 N–H and O–H groups in total. The highest BCUT2D eigenvalue weighted by Crippen LogP contribution is 2.66. The van der Waals surface area contributed by atoms with Gasteiger partial charge in [0.1, 0.15) is 6.04 Å². The quantitative estimate of drug-likeness (QED) is 0.524. The van der Waals surface area contributed by atoms with Crippen molar-refractivity contribution in [3.63, 3.8) is 0 Å². The summed E-state index contributed by atoms with van der Waals surface area (Å²) in [7, 11) is 0. The van der Waals surface area contributed by atoms with Crippen molar-refractivity contribution in [2.45, 2.75) is 62.1 Å². The first-order valence-electron chi connectivity index (χ1n) is 12.9. The van der Waals surface area contributed by atoms with E-state index in [2.05, 4.69) is 5.32 Å². The zero-order chi connectivity index (χ0) is 25.6. The molecule has 0 radical (unpaired) electrons. The number of hydrogen-bond acceptors (Lipinski definition) is 6. The number of carbonyl (C=O) groups is 3. The van der Waals surface area contributed by atoms with Crippen LogP contribution in [-0.2, 0) is 19.1 Å². The van der Waals surface area contributed by atoms with Gasteiger partial charge in [-0.2, -0.15) is 0 Å². The molecule has 0 aromatic heterocycles. The van der Waals surface area contributed by atoms with Gasteiger partial charge in [0, 0.05) is 10.9 Å². The molecule has 192 valence electrons. The molecule has 2 amide bonds. The number of esters is 1. The van der Waals surface area contributed by atoms with E-state index in [1.165, 1.54) is 0 Å². The van der Waals surface area contributed by atoms with E-state index < -0.39 is 28.7 Å². The average molecular weight is 511 g/mol. The van der Waals surface area contributed by atoms with Crippen molar-refractivity contribution in [2.24, 2.45) is 17.8 Å². The molecule has 2 aromatic rings. The fraction of sp³-hybridized carbons (Fsp3) is 0.536. The van der Waals surface area contributed by atoms with Crippen LogP contribution in [0.25, 0.3) is 10.8 Å². The lowest BCUT2D eigenvalue weighted by atomic mass is 9.71. The summed E-state index contributed by atoms with van der Waals surface area (Å²) in [5, 5.41) is 15.5. The molecule has 6 atom stereocenters. The Morgan fingerprint density at radius 1 is 1.22 bits per heavy atom. The summed E-state index contributed by atoms with van der Waals surface area (Å²) in [5.74, 6) is -1.77. The number of carbonyl (C=O) groups excluding carboxylic acids is 3. The number of benzene rings is 2. The molecular formula is C28H34N2O5S. The molecule has 3 aliphatic rings. The number of aliphatic hydroxyl groups excluding tert-OH is 1. The van der Waals surface area contributed by atoms with Crippen LogP contribution in [0.4, 0.5) is 5.69 Å². The van der Waals surface area contributed by atoms with Crippen LogP contribution in [0.5, 0.6) is 0 Å². The van der Waals surface area contributed by atoms with Crippen molar-refractivity contribution >= 4 is 46.0 Å². The summed E-state index contributed by atoms with van der Waals surface area (Å²) < 4.78 is 4.67. The normalized spacial score (nSPS) is 29.6. The monoisotopic (exact) mass is 510 g/mol. The second kappa shape index (κ2) is 9.71. The van der Waals surface area contributed by atoms with Crippen molar-refractivity contribution in [1.82, 2.24) is 4.90 Å². The fourth-order valence-corrected chi connectivity index (χ4v) is 8.78. The minimum absolute atomic E-state index is 0.0335. The SMILES string of the molecule is CCOC(=O)[C@@H]1[C@@H]2CCC3(S2)C(C(=O)Nc2ccc4ccccc4c2)N([C@@H](CO)CC(C)C)C(=O)[C@H]13. The summed E-state index contributed by atoms with van der Waals surface area (Å²) in [4.78, 5) is 42.6. The van der Waals surface area contributed by atoms with Crippen molar-refractivity contribution in [1.29, 1.82) is 0 Å². The number of aliphatic hydroxyl groups is 1. The molecule has 3 aliphatic heterocycles. The molecular weight excluding hydrogens is 476 g/mol.